The van der Waals surface area contributed by atoms with Crippen LogP contribution in [0.25, 0.3) is 0 Å². The summed E-state index contributed by atoms with van der Waals surface area (Å²) >= 11 is 0. The Kier molecular flexibility index (Phi) is 2.62. The highest BCUT2D eigenvalue weighted by molar-refractivity contribution is 5.50. The van der Waals surface area contributed by atoms with Crippen molar-refractivity contribution in [3.8, 4) is 0 Å². The number of nitrogens with zero attached hydrogens (tertiary/aromatic N) is 4. The van der Waals surface area contributed by atoms with Gasteiger partial charge in [0.2, 0.25) is 0 Å². The van der Waals surface area contributed by atoms with E-state index in [9.17, 15) is 0 Å². The van der Waals surface area contributed by atoms with Gasteiger partial charge in [-0.3, -0.25) is 4.68 Å². The Morgan fingerprint density at radius 3 is 2.87 bits per heavy atom. The molecule has 0 bridgehead atoms. The lowest BCUT2D eigenvalue weighted by Crippen LogP contribution is -1.98. The minimum Gasteiger partial charge on any atom is -0.323 e. The zero-order chi connectivity index (χ0) is 10.7. The van der Waals surface area contributed by atoms with Crippen LogP contribution in [0.15, 0.2) is 24.7 Å². The lowest BCUT2D eigenvalue weighted by atomic mass is 10.3. The minimum absolute atomic E-state index is 0.778. The summed E-state index contributed by atoms with van der Waals surface area (Å²) in [6.45, 7) is 2.06. The van der Waals surface area contributed by atoms with Crippen LogP contribution in [0.4, 0.5) is 11.6 Å². The first-order chi connectivity index (χ1) is 7.28. The molecule has 15 heavy (non-hydrogen) atoms. The van der Waals surface area contributed by atoms with Crippen molar-refractivity contribution in [2.75, 3.05) is 5.32 Å². The van der Waals surface area contributed by atoms with Crippen LogP contribution in [-0.2, 0) is 13.5 Å². The zero-order valence-corrected chi connectivity index (χ0v) is 8.81. The topological polar surface area (TPSA) is 55.6 Å². The van der Waals surface area contributed by atoms with Crippen LogP contribution in [0.2, 0.25) is 0 Å². The predicted octanol–water partition coefficient (Wildman–Crippen LogP) is 1.52. The molecule has 0 saturated heterocycles. The van der Waals surface area contributed by atoms with Crippen molar-refractivity contribution in [1.82, 2.24) is 19.7 Å². The van der Waals surface area contributed by atoms with E-state index in [1.807, 2.05) is 25.4 Å². The van der Waals surface area contributed by atoms with Crippen molar-refractivity contribution < 1.29 is 0 Å². The van der Waals surface area contributed by atoms with Gasteiger partial charge in [-0.2, -0.15) is 5.10 Å². The molecule has 0 aromatic carbocycles. The second kappa shape index (κ2) is 4.08. The lowest BCUT2D eigenvalue weighted by molar-refractivity contribution is 0.771. The number of aryl methyl sites for hydroxylation is 2. The summed E-state index contributed by atoms with van der Waals surface area (Å²) in [5, 5.41) is 7.32. The van der Waals surface area contributed by atoms with E-state index in [-0.39, 0.29) is 0 Å². The Morgan fingerprint density at radius 2 is 2.20 bits per heavy atom. The van der Waals surface area contributed by atoms with Crippen LogP contribution < -0.4 is 5.32 Å². The first-order valence-corrected chi connectivity index (χ1v) is 4.85. The van der Waals surface area contributed by atoms with E-state index in [0.29, 0.717) is 0 Å². The van der Waals surface area contributed by atoms with Gasteiger partial charge < -0.3 is 5.32 Å². The number of hydrogen-bond acceptors (Lipinski definition) is 4. The van der Waals surface area contributed by atoms with Gasteiger partial charge in [-0.05, 0) is 6.42 Å². The Labute approximate surface area is 88.2 Å². The number of aromatic nitrogens is 4. The largest absolute Gasteiger partial charge is 0.323 e. The van der Waals surface area contributed by atoms with Crippen LogP contribution >= 0.6 is 0 Å². The SMILES string of the molecule is CCc1cc(Nc2ccn(C)n2)ncn1. The molecule has 0 spiro atoms. The van der Waals surface area contributed by atoms with E-state index in [1.165, 1.54) is 0 Å². The number of anilines is 2. The minimum atomic E-state index is 0.778. The van der Waals surface area contributed by atoms with Crippen molar-refractivity contribution in [2.45, 2.75) is 13.3 Å². The van der Waals surface area contributed by atoms with E-state index in [4.69, 9.17) is 0 Å². The lowest BCUT2D eigenvalue weighted by Gasteiger charge is -2.02. The quantitative estimate of drug-likeness (QED) is 0.821. The molecule has 78 valence electrons. The molecule has 0 radical (unpaired) electrons. The zero-order valence-electron chi connectivity index (χ0n) is 8.81. The van der Waals surface area contributed by atoms with Gasteiger partial charge in [-0.15, -0.1) is 0 Å². The molecule has 1 N–H and O–H groups in total. The fourth-order valence-electron chi connectivity index (χ4n) is 1.27. The third kappa shape index (κ3) is 2.31. The maximum Gasteiger partial charge on any atom is 0.153 e. The smallest absolute Gasteiger partial charge is 0.153 e. The van der Waals surface area contributed by atoms with Crippen LogP contribution in [0.3, 0.4) is 0 Å². The highest BCUT2D eigenvalue weighted by atomic mass is 15.3. The van der Waals surface area contributed by atoms with Crippen molar-refractivity contribution >= 4 is 11.6 Å². The van der Waals surface area contributed by atoms with Crippen LogP contribution in [-0.4, -0.2) is 19.7 Å². The predicted molar refractivity (Wildman–Crippen MR) is 57.9 cm³/mol. The first-order valence-electron chi connectivity index (χ1n) is 4.85. The molecule has 0 fully saturated rings. The van der Waals surface area contributed by atoms with Gasteiger partial charge in [0, 0.05) is 31.1 Å². The normalized spacial score (nSPS) is 10.3. The second-order valence-corrected chi connectivity index (χ2v) is 3.25. The molecule has 0 atom stereocenters. The Morgan fingerprint density at radius 1 is 1.33 bits per heavy atom. The third-order valence-corrected chi connectivity index (χ3v) is 2.06. The highest BCUT2D eigenvalue weighted by Crippen LogP contribution is 2.11. The van der Waals surface area contributed by atoms with Crippen molar-refractivity contribution in [1.29, 1.82) is 0 Å². The average Bonchev–Trinajstić information content (AvgIpc) is 2.64. The van der Waals surface area contributed by atoms with Gasteiger partial charge in [0.25, 0.3) is 0 Å². The van der Waals surface area contributed by atoms with E-state index in [2.05, 4.69) is 27.3 Å². The van der Waals surface area contributed by atoms with E-state index < -0.39 is 0 Å². The summed E-state index contributed by atoms with van der Waals surface area (Å²) in [5.74, 6) is 1.57. The highest BCUT2D eigenvalue weighted by Gasteiger charge is 1.99. The van der Waals surface area contributed by atoms with Crippen LogP contribution in [0.5, 0.6) is 0 Å². The summed E-state index contributed by atoms with van der Waals surface area (Å²) in [5.41, 5.74) is 1.02. The Hall–Kier alpha value is -1.91. The number of nitrogens with one attached hydrogen (secondary N) is 1. The molecule has 2 heterocycles. The molecule has 0 amide bonds. The molecule has 5 heteroatoms. The molecule has 0 unspecified atom stereocenters. The monoisotopic (exact) mass is 203 g/mol. The maximum atomic E-state index is 4.21. The van der Waals surface area contributed by atoms with Gasteiger partial charge in [0.1, 0.15) is 12.1 Å². The van der Waals surface area contributed by atoms with Crippen molar-refractivity contribution in [3.63, 3.8) is 0 Å². The van der Waals surface area contributed by atoms with Crippen molar-refractivity contribution in [3.05, 3.63) is 30.4 Å². The molecule has 2 rings (SSSR count). The summed E-state index contributed by atoms with van der Waals surface area (Å²) in [4.78, 5) is 8.25. The molecule has 0 aliphatic carbocycles. The van der Waals surface area contributed by atoms with Crippen molar-refractivity contribution in [2.24, 2.45) is 7.05 Å². The van der Waals surface area contributed by atoms with Gasteiger partial charge in [-0.1, -0.05) is 6.92 Å². The van der Waals surface area contributed by atoms with Gasteiger partial charge in [0.05, 0.1) is 0 Å². The maximum absolute atomic E-state index is 4.21. The van der Waals surface area contributed by atoms with E-state index >= 15 is 0 Å². The summed E-state index contributed by atoms with van der Waals surface area (Å²) in [6.07, 6.45) is 4.34. The summed E-state index contributed by atoms with van der Waals surface area (Å²) in [6, 6.07) is 3.82. The van der Waals surface area contributed by atoms with E-state index in [1.54, 1.807) is 11.0 Å². The number of rotatable bonds is 3. The number of hydrogen-bond donors (Lipinski definition) is 1. The molecular formula is C10H13N5. The molecule has 0 saturated carbocycles. The van der Waals surface area contributed by atoms with Crippen LogP contribution in [0, 0.1) is 0 Å². The molecule has 2 aromatic heterocycles. The van der Waals surface area contributed by atoms with Gasteiger partial charge in [0.15, 0.2) is 5.82 Å². The molecule has 0 aliphatic heterocycles. The average molecular weight is 203 g/mol. The van der Waals surface area contributed by atoms with E-state index in [0.717, 1.165) is 23.8 Å². The van der Waals surface area contributed by atoms with Gasteiger partial charge >= 0.3 is 0 Å². The standard InChI is InChI=1S/C10H13N5/c1-3-8-6-10(12-7-11-8)13-9-4-5-15(2)14-9/h4-7H,3H2,1-2H3,(H,11,12,13,14). The molecule has 5 nitrogen and oxygen atoms in total. The first kappa shape index (κ1) is 9.64. The van der Waals surface area contributed by atoms with Gasteiger partial charge in [-0.25, -0.2) is 9.97 Å². The second-order valence-electron chi connectivity index (χ2n) is 3.25. The molecule has 2 aromatic rings. The Bertz CT molecular complexity index is 449. The molecule has 0 aliphatic rings. The fourth-order valence-corrected chi connectivity index (χ4v) is 1.27. The third-order valence-electron chi connectivity index (χ3n) is 2.06. The fraction of sp³-hybridized carbons (Fsp3) is 0.300. The summed E-state index contributed by atoms with van der Waals surface area (Å²) in [7, 11) is 1.88. The molecular weight excluding hydrogens is 190 g/mol. The Balaban J connectivity index is 2.16. The summed E-state index contributed by atoms with van der Waals surface area (Å²) < 4.78 is 1.74. The van der Waals surface area contributed by atoms with Crippen LogP contribution in [0.1, 0.15) is 12.6 Å².